The van der Waals surface area contributed by atoms with E-state index in [-0.39, 0.29) is 17.7 Å². The van der Waals surface area contributed by atoms with E-state index in [4.69, 9.17) is 4.74 Å². The van der Waals surface area contributed by atoms with Crippen LogP contribution in [0.1, 0.15) is 80.3 Å². The van der Waals surface area contributed by atoms with Crippen LogP contribution in [0, 0.1) is 5.92 Å². The molecule has 0 radical (unpaired) electrons. The molecular formula is C25H41N3O4. The van der Waals surface area contributed by atoms with Gasteiger partial charge in [0.2, 0.25) is 11.8 Å². The first-order valence-corrected chi connectivity index (χ1v) is 11.3. The zero-order valence-corrected chi connectivity index (χ0v) is 21.1. The van der Waals surface area contributed by atoms with E-state index in [0.717, 1.165) is 5.56 Å². The molecule has 0 spiro atoms. The molecule has 32 heavy (non-hydrogen) atoms. The molecule has 0 fully saturated rings. The molecule has 0 aliphatic heterocycles. The highest BCUT2D eigenvalue weighted by molar-refractivity contribution is 5.92. The van der Waals surface area contributed by atoms with Crippen LogP contribution in [0.5, 0.6) is 0 Å². The summed E-state index contributed by atoms with van der Waals surface area (Å²) in [4.78, 5) is 41.1. The fourth-order valence-electron chi connectivity index (χ4n) is 3.28. The molecule has 2 N–H and O–H groups in total. The van der Waals surface area contributed by atoms with Crippen LogP contribution < -0.4 is 10.6 Å². The lowest BCUT2D eigenvalue weighted by molar-refractivity contribution is -0.144. The largest absolute Gasteiger partial charge is 0.444 e. The summed E-state index contributed by atoms with van der Waals surface area (Å²) in [6.07, 6.45) is 0.00572. The van der Waals surface area contributed by atoms with E-state index >= 15 is 0 Å². The van der Waals surface area contributed by atoms with Crippen molar-refractivity contribution in [3.05, 3.63) is 35.9 Å². The molecule has 0 aromatic heterocycles. The molecule has 7 nitrogen and oxygen atoms in total. The zero-order chi connectivity index (χ0) is 24.7. The molecule has 2 unspecified atom stereocenters. The average molecular weight is 448 g/mol. The standard InChI is InChI=1S/C25H41N3O4/c1-10-16-28(22(30)19(17(2)3)26-23(31)32-25(7,8)9)20(18-14-12-11-13-15-18)21(29)27-24(4,5)6/h11-15,17,19-20H,10,16H2,1-9H3,(H,26,31)(H,27,29). The third kappa shape index (κ3) is 8.89. The molecule has 7 heteroatoms. The van der Waals surface area contributed by atoms with Crippen LogP contribution in [0.15, 0.2) is 30.3 Å². The van der Waals surface area contributed by atoms with E-state index < -0.39 is 29.3 Å². The van der Waals surface area contributed by atoms with Crippen molar-refractivity contribution in [3.8, 4) is 0 Å². The van der Waals surface area contributed by atoms with Gasteiger partial charge in [-0.1, -0.05) is 51.1 Å². The molecule has 180 valence electrons. The zero-order valence-electron chi connectivity index (χ0n) is 21.1. The minimum Gasteiger partial charge on any atom is -0.444 e. The van der Waals surface area contributed by atoms with Crippen LogP contribution in [0.2, 0.25) is 0 Å². The molecule has 3 amide bonds. The van der Waals surface area contributed by atoms with E-state index in [1.807, 2.05) is 71.9 Å². The molecule has 1 aromatic carbocycles. The number of nitrogens with zero attached hydrogens (tertiary/aromatic N) is 1. The first-order valence-electron chi connectivity index (χ1n) is 11.3. The number of carbonyl (C=O) groups excluding carboxylic acids is 3. The van der Waals surface area contributed by atoms with Crippen LogP contribution in [-0.4, -0.2) is 46.5 Å². The van der Waals surface area contributed by atoms with Gasteiger partial charge in [-0.15, -0.1) is 0 Å². The Hall–Kier alpha value is -2.57. The molecular weight excluding hydrogens is 406 g/mol. The second kappa shape index (κ2) is 11.3. The van der Waals surface area contributed by atoms with Crippen molar-refractivity contribution in [3.63, 3.8) is 0 Å². The summed E-state index contributed by atoms with van der Waals surface area (Å²) >= 11 is 0. The highest BCUT2D eigenvalue weighted by Gasteiger charge is 2.37. The molecule has 0 heterocycles. The number of alkyl carbamates (subject to hydrolysis) is 1. The topological polar surface area (TPSA) is 87.7 Å². The highest BCUT2D eigenvalue weighted by Crippen LogP contribution is 2.25. The average Bonchev–Trinajstić information content (AvgIpc) is 2.63. The maximum Gasteiger partial charge on any atom is 0.408 e. The van der Waals surface area contributed by atoms with Crippen molar-refractivity contribution in [2.75, 3.05) is 6.54 Å². The third-order valence-electron chi connectivity index (χ3n) is 4.53. The fraction of sp³-hybridized carbons (Fsp3) is 0.640. The second-order valence-electron chi connectivity index (χ2n) is 10.5. The van der Waals surface area contributed by atoms with Crippen molar-refractivity contribution in [2.45, 2.75) is 92.0 Å². The lowest BCUT2D eigenvalue weighted by atomic mass is 9.98. The predicted octanol–water partition coefficient (Wildman–Crippen LogP) is 4.43. The van der Waals surface area contributed by atoms with E-state index in [1.165, 1.54) is 0 Å². The number of rotatable bonds is 8. The normalized spacial score (nSPS) is 13.8. The maximum atomic E-state index is 13.7. The number of benzene rings is 1. The molecule has 1 rings (SSSR count). The van der Waals surface area contributed by atoms with E-state index in [1.54, 1.807) is 25.7 Å². The summed E-state index contributed by atoms with van der Waals surface area (Å²) in [5, 5.41) is 5.73. The van der Waals surface area contributed by atoms with Gasteiger partial charge >= 0.3 is 6.09 Å². The Balaban J connectivity index is 3.36. The second-order valence-corrected chi connectivity index (χ2v) is 10.5. The Morgan fingerprint density at radius 2 is 1.56 bits per heavy atom. The van der Waals surface area contributed by atoms with Crippen molar-refractivity contribution in [1.29, 1.82) is 0 Å². The Bertz CT molecular complexity index is 764. The Morgan fingerprint density at radius 1 is 1.00 bits per heavy atom. The van der Waals surface area contributed by atoms with E-state index in [2.05, 4.69) is 10.6 Å². The summed E-state index contributed by atoms with van der Waals surface area (Å²) in [6.45, 7) is 17.1. The van der Waals surface area contributed by atoms with Crippen molar-refractivity contribution in [2.24, 2.45) is 5.92 Å². The van der Waals surface area contributed by atoms with Gasteiger partial charge < -0.3 is 20.3 Å². The number of nitrogens with one attached hydrogen (secondary N) is 2. The molecule has 0 saturated carbocycles. The van der Waals surface area contributed by atoms with Gasteiger partial charge in [-0.05, 0) is 59.4 Å². The van der Waals surface area contributed by atoms with Gasteiger partial charge in [0, 0.05) is 12.1 Å². The number of ether oxygens (including phenoxy) is 1. The van der Waals surface area contributed by atoms with Gasteiger partial charge in [0.15, 0.2) is 0 Å². The lowest BCUT2D eigenvalue weighted by Gasteiger charge is -2.36. The molecule has 0 aliphatic rings. The Labute approximate surface area is 193 Å². The predicted molar refractivity (Wildman–Crippen MR) is 127 cm³/mol. The van der Waals surface area contributed by atoms with Crippen LogP contribution in [0.4, 0.5) is 4.79 Å². The summed E-state index contributed by atoms with van der Waals surface area (Å²) < 4.78 is 5.37. The van der Waals surface area contributed by atoms with Crippen LogP contribution in [-0.2, 0) is 14.3 Å². The maximum absolute atomic E-state index is 13.7. The number of hydrogen-bond acceptors (Lipinski definition) is 4. The van der Waals surface area contributed by atoms with Crippen LogP contribution >= 0.6 is 0 Å². The smallest absolute Gasteiger partial charge is 0.408 e. The minimum atomic E-state index is -0.829. The van der Waals surface area contributed by atoms with Crippen LogP contribution in [0.25, 0.3) is 0 Å². The van der Waals surface area contributed by atoms with Gasteiger partial charge in [0.25, 0.3) is 0 Å². The number of hydrogen-bond donors (Lipinski definition) is 2. The van der Waals surface area contributed by atoms with Gasteiger partial charge in [-0.2, -0.15) is 0 Å². The highest BCUT2D eigenvalue weighted by atomic mass is 16.6. The first-order chi connectivity index (χ1) is 14.7. The number of amides is 3. The summed E-state index contributed by atoms with van der Waals surface area (Å²) in [5.74, 6) is -0.771. The molecule has 0 saturated heterocycles. The summed E-state index contributed by atoms with van der Waals surface area (Å²) in [5.41, 5.74) is -0.426. The quantitative estimate of drug-likeness (QED) is 0.617. The van der Waals surface area contributed by atoms with Crippen molar-refractivity contribution < 1.29 is 19.1 Å². The van der Waals surface area contributed by atoms with Gasteiger partial charge in [0.1, 0.15) is 17.7 Å². The van der Waals surface area contributed by atoms with Gasteiger partial charge in [-0.25, -0.2) is 4.79 Å². The fourth-order valence-corrected chi connectivity index (χ4v) is 3.28. The Morgan fingerprint density at radius 3 is 2.00 bits per heavy atom. The monoisotopic (exact) mass is 447 g/mol. The molecule has 0 bridgehead atoms. The first kappa shape index (κ1) is 27.5. The lowest BCUT2D eigenvalue weighted by Crippen LogP contribution is -2.56. The van der Waals surface area contributed by atoms with Crippen molar-refractivity contribution >= 4 is 17.9 Å². The van der Waals surface area contributed by atoms with E-state index in [0.29, 0.717) is 13.0 Å². The Kier molecular flexibility index (Phi) is 9.73. The molecule has 0 aliphatic carbocycles. The molecule has 1 aromatic rings. The summed E-state index contributed by atoms with van der Waals surface area (Å²) in [7, 11) is 0. The van der Waals surface area contributed by atoms with Crippen molar-refractivity contribution in [1.82, 2.24) is 15.5 Å². The molecule has 2 atom stereocenters. The van der Waals surface area contributed by atoms with Crippen LogP contribution in [0.3, 0.4) is 0 Å². The summed E-state index contributed by atoms with van der Waals surface area (Å²) in [6, 6.07) is 7.60. The van der Waals surface area contributed by atoms with Gasteiger partial charge in [-0.3, -0.25) is 9.59 Å². The van der Waals surface area contributed by atoms with E-state index in [9.17, 15) is 14.4 Å². The SMILES string of the molecule is CCCN(C(=O)C(NC(=O)OC(C)(C)C)C(C)C)C(C(=O)NC(C)(C)C)c1ccccc1. The minimum absolute atomic E-state index is 0.198. The number of carbonyl (C=O) groups is 3. The van der Waals surface area contributed by atoms with Gasteiger partial charge in [0.05, 0.1) is 0 Å². The third-order valence-corrected chi connectivity index (χ3v) is 4.53.